The number of fused-ring (bicyclic) bond motifs is 2. The van der Waals surface area contributed by atoms with E-state index in [0.717, 1.165) is 63.0 Å². The first kappa shape index (κ1) is 21.7. The number of aryl methyl sites for hydroxylation is 1. The summed E-state index contributed by atoms with van der Waals surface area (Å²) in [6, 6.07) is 12.2. The minimum Gasteiger partial charge on any atom is -0.497 e. The van der Waals surface area contributed by atoms with Crippen LogP contribution in [0.25, 0.3) is 21.7 Å². The molecule has 0 unspecified atom stereocenters. The Morgan fingerprint density at radius 2 is 1.59 bits per heavy atom. The minimum absolute atomic E-state index is 0.686. The number of hydrogen-bond donors (Lipinski definition) is 1. The first-order valence-electron chi connectivity index (χ1n) is 10.9. The highest BCUT2D eigenvalue weighted by molar-refractivity contribution is 5.91. The van der Waals surface area contributed by atoms with Crippen LogP contribution < -0.4 is 19.5 Å². The molecule has 6 heteroatoms. The first-order valence-corrected chi connectivity index (χ1v) is 10.9. The number of aromatic nitrogens is 2. The van der Waals surface area contributed by atoms with E-state index in [1.165, 1.54) is 0 Å². The fourth-order valence-corrected chi connectivity index (χ4v) is 4.09. The summed E-state index contributed by atoms with van der Waals surface area (Å²) < 4.78 is 16.5. The van der Waals surface area contributed by atoms with E-state index >= 15 is 0 Å². The summed E-state index contributed by atoms with van der Waals surface area (Å²) in [7, 11) is 5.00. The summed E-state index contributed by atoms with van der Waals surface area (Å²) in [4.78, 5) is 9.64. The van der Waals surface area contributed by atoms with Crippen LogP contribution in [0.3, 0.4) is 0 Å². The SMILES string of the molecule is CCNc1nc2ccc(OC)cc2cc1Cc1cnc(CC)c2cc(OC)c(OC)cc12. The quantitative estimate of drug-likeness (QED) is 0.403. The van der Waals surface area contributed by atoms with Crippen LogP contribution in [0.1, 0.15) is 30.7 Å². The lowest BCUT2D eigenvalue weighted by molar-refractivity contribution is 0.356. The third kappa shape index (κ3) is 4.00. The van der Waals surface area contributed by atoms with Crippen molar-refractivity contribution in [1.82, 2.24) is 9.97 Å². The number of benzene rings is 2. The normalized spacial score (nSPS) is 11.0. The van der Waals surface area contributed by atoms with Crippen molar-refractivity contribution in [2.75, 3.05) is 33.2 Å². The summed E-state index contributed by atoms with van der Waals surface area (Å²) in [5, 5.41) is 6.67. The van der Waals surface area contributed by atoms with Crippen molar-refractivity contribution >= 4 is 27.5 Å². The first-order chi connectivity index (χ1) is 15.6. The monoisotopic (exact) mass is 431 g/mol. The summed E-state index contributed by atoms with van der Waals surface area (Å²) in [6.07, 6.45) is 3.50. The van der Waals surface area contributed by atoms with E-state index in [1.54, 1.807) is 21.3 Å². The predicted molar refractivity (Wildman–Crippen MR) is 129 cm³/mol. The highest BCUT2D eigenvalue weighted by Gasteiger charge is 2.15. The van der Waals surface area contributed by atoms with Crippen LogP contribution in [-0.4, -0.2) is 37.8 Å². The molecule has 0 aliphatic rings. The Bertz CT molecular complexity index is 1270. The molecule has 0 bridgehead atoms. The van der Waals surface area contributed by atoms with Gasteiger partial charge in [0.1, 0.15) is 11.6 Å². The molecule has 0 saturated heterocycles. The van der Waals surface area contributed by atoms with E-state index in [9.17, 15) is 0 Å². The molecule has 0 atom stereocenters. The van der Waals surface area contributed by atoms with Crippen molar-refractivity contribution in [3.05, 3.63) is 59.4 Å². The van der Waals surface area contributed by atoms with E-state index in [0.29, 0.717) is 17.9 Å². The molecule has 2 aromatic carbocycles. The van der Waals surface area contributed by atoms with Crippen molar-refractivity contribution in [3.63, 3.8) is 0 Å². The van der Waals surface area contributed by atoms with Gasteiger partial charge in [0.2, 0.25) is 0 Å². The Labute approximate surface area is 188 Å². The molecule has 0 radical (unpaired) electrons. The third-order valence-electron chi connectivity index (χ3n) is 5.72. The summed E-state index contributed by atoms with van der Waals surface area (Å²) in [5.74, 6) is 3.13. The molecule has 2 heterocycles. The van der Waals surface area contributed by atoms with Crippen LogP contribution in [0.2, 0.25) is 0 Å². The zero-order valence-corrected chi connectivity index (χ0v) is 19.3. The molecule has 2 aromatic heterocycles. The van der Waals surface area contributed by atoms with Crippen molar-refractivity contribution in [1.29, 1.82) is 0 Å². The van der Waals surface area contributed by atoms with Gasteiger partial charge in [-0.3, -0.25) is 4.98 Å². The van der Waals surface area contributed by atoms with Crippen molar-refractivity contribution < 1.29 is 14.2 Å². The number of hydrogen-bond acceptors (Lipinski definition) is 6. The standard InChI is InChI=1S/C26H29N3O3/c1-6-22-21-14-25(32-5)24(31-4)13-20(21)18(15-28-22)11-17-10-16-12-19(30-3)8-9-23(16)29-26(17)27-7-2/h8-10,12-15H,6-7,11H2,1-5H3,(H,27,29). The Kier molecular flexibility index (Phi) is 6.30. The second-order valence-corrected chi connectivity index (χ2v) is 7.60. The lowest BCUT2D eigenvalue weighted by atomic mass is 9.97. The van der Waals surface area contributed by atoms with Gasteiger partial charge in [0.15, 0.2) is 11.5 Å². The number of nitrogens with zero attached hydrogens (tertiary/aromatic N) is 2. The van der Waals surface area contributed by atoms with E-state index in [-0.39, 0.29) is 0 Å². The van der Waals surface area contributed by atoms with E-state index in [2.05, 4.69) is 31.3 Å². The van der Waals surface area contributed by atoms with Crippen molar-refractivity contribution in [2.24, 2.45) is 0 Å². The summed E-state index contributed by atoms with van der Waals surface area (Å²) in [5.41, 5.74) is 4.19. The maximum absolute atomic E-state index is 5.58. The van der Waals surface area contributed by atoms with Gasteiger partial charge in [0.25, 0.3) is 0 Å². The molecule has 0 saturated carbocycles. The average Bonchev–Trinajstić information content (AvgIpc) is 2.83. The molecule has 1 N–H and O–H groups in total. The Morgan fingerprint density at radius 3 is 2.25 bits per heavy atom. The Hall–Kier alpha value is -3.54. The smallest absolute Gasteiger partial charge is 0.161 e. The van der Waals surface area contributed by atoms with Gasteiger partial charge in [-0.2, -0.15) is 0 Å². The van der Waals surface area contributed by atoms with Gasteiger partial charge in [-0.25, -0.2) is 4.98 Å². The molecule has 6 nitrogen and oxygen atoms in total. The summed E-state index contributed by atoms with van der Waals surface area (Å²) in [6.45, 7) is 4.98. The van der Waals surface area contributed by atoms with Crippen LogP contribution in [0.5, 0.6) is 17.2 Å². The van der Waals surface area contributed by atoms with E-state index in [4.69, 9.17) is 24.2 Å². The Balaban J connectivity index is 1.89. The maximum Gasteiger partial charge on any atom is 0.161 e. The van der Waals surface area contributed by atoms with Crippen LogP contribution in [0, 0.1) is 0 Å². The molecule has 166 valence electrons. The molecular formula is C26H29N3O3. The van der Waals surface area contributed by atoms with Crippen LogP contribution >= 0.6 is 0 Å². The van der Waals surface area contributed by atoms with Crippen LogP contribution in [0.15, 0.2) is 42.6 Å². The number of anilines is 1. The molecule has 32 heavy (non-hydrogen) atoms. The van der Waals surface area contributed by atoms with Crippen LogP contribution in [0.4, 0.5) is 5.82 Å². The zero-order valence-electron chi connectivity index (χ0n) is 19.3. The van der Waals surface area contributed by atoms with Gasteiger partial charge in [-0.05, 0) is 66.3 Å². The average molecular weight is 432 g/mol. The van der Waals surface area contributed by atoms with Gasteiger partial charge >= 0.3 is 0 Å². The summed E-state index contributed by atoms with van der Waals surface area (Å²) >= 11 is 0. The number of rotatable bonds is 8. The molecular weight excluding hydrogens is 402 g/mol. The van der Waals surface area contributed by atoms with Gasteiger partial charge in [0, 0.05) is 35.6 Å². The van der Waals surface area contributed by atoms with Crippen molar-refractivity contribution in [3.8, 4) is 17.2 Å². The highest BCUT2D eigenvalue weighted by Crippen LogP contribution is 2.36. The zero-order chi connectivity index (χ0) is 22.7. The van der Waals surface area contributed by atoms with E-state index in [1.807, 2.05) is 30.5 Å². The van der Waals surface area contributed by atoms with E-state index < -0.39 is 0 Å². The fraction of sp³-hybridized carbons (Fsp3) is 0.308. The number of pyridine rings is 2. The van der Waals surface area contributed by atoms with Gasteiger partial charge < -0.3 is 19.5 Å². The van der Waals surface area contributed by atoms with Gasteiger partial charge in [0.05, 0.1) is 26.8 Å². The van der Waals surface area contributed by atoms with Crippen LogP contribution in [-0.2, 0) is 12.8 Å². The molecule has 4 rings (SSSR count). The topological polar surface area (TPSA) is 65.5 Å². The number of methoxy groups -OCH3 is 3. The lowest BCUT2D eigenvalue weighted by Crippen LogP contribution is -2.05. The molecule has 4 aromatic rings. The molecule has 0 aliphatic heterocycles. The molecule has 0 amide bonds. The molecule has 0 spiro atoms. The fourth-order valence-electron chi connectivity index (χ4n) is 4.09. The number of nitrogens with one attached hydrogen (secondary N) is 1. The minimum atomic E-state index is 0.686. The predicted octanol–water partition coefficient (Wildman–Crippen LogP) is 5.39. The Morgan fingerprint density at radius 1 is 0.844 bits per heavy atom. The van der Waals surface area contributed by atoms with Gasteiger partial charge in [-0.1, -0.05) is 6.92 Å². The molecule has 0 fully saturated rings. The maximum atomic E-state index is 5.58. The number of ether oxygens (including phenoxy) is 3. The lowest BCUT2D eigenvalue weighted by Gasteiger charge is -2.16. The third-order valence-corrected chi connectivity index (χ3v) is 5.72. The van der Waals surface area contributed by atoms with Crippen molar-refractivity contribution in [2.45, 2.75) is 26.7 Å². The van der Waals surface area contributed by atoms with Gasteiger partial charge in [-0.15, -0.1) is 0 Å². The highest BCUT2D eigenvalue weighted by atomic mass is 16.5. The molecule has 0 aliphatic carbocycles. The largest absolute Gasteiger partial charge is 0.497 e. The second-order valence-electron chi connectivity index (χ2n) is 7.60. The second kappa shape index (κ2) is 9.30.